The first-order valence-corrected chi connectivity index (χ1v) is 13.7. The van der Waals surface area contributed by atoms with E-state index < -0.39 is 15.9 Å². The van der Waals surface area contributed by atoms with Gasteiger partial charge in [0.05, 0.1) is 26.7 Å². The van der Waals surface area contributed by atoms with Crippen LogP contribution in [0.5, 0.6) is 0 Å². The number of halogens is 1. The minimum Gasteiger partial charge on any atom is -0.349 e. The van der Waals surface area contributed by atoms with Crippen molar-refractivity contribution >= 4 is 39.1 Å². The number of hydrogen-bond donors (Lipinski definition) is 2. The number of anilines is 1. The fraction of sp³-hybridized carbons (Fsp3) is 0.440. The first-order chi connectivity index (χ1) is 16.4. The van der Waals surface area contributed by atoms with Crippen LogP contribution in [0.1, 0.15) is 72.1 Å². The van der Waals surface area contributed by atoms with Crippen molar-refractivity contribution < 1.29 is 18.0 Å². The summed E-state index contributed by atoms with van der Waals surface area (Å²) in [5.41, 5.74) is 0.748. The van der Waals surface area contributed by atoms with Crippen molar-refractivity contribution in [2.75, 3.05) is 18.4 Å². The lowest BCUT2D eigenvalue weighted by Gasteiger charge is -2.26. The molecule has 0 unspecified atom stereocenters. The molecule has 0 bridgehead atoms. The molecule has 4 rings (SSSR count). The molecule has 2 aromatic rings. The largest absolute Gasteiger partial charge is 0.349 e. The topological polar surface area (TPSA) is 95.6 Å². The Hall–Kier alpha value is -2.42. The Morgan fingerprint density at radius 2 is 1.53 bits per heavy atom. The van der Waals surface area contributed by atoms with Gasteiger partial charge in [-0.25, -0.2) is 8.42 Å². The van der Waals surface area contributed by atoms with Crippen LogP contribution in [0.2, 0.25) is 5.02 Å². The number of piperidine rings is 1. The number of carbonyl (C=O) groups is 2. The number of nitrogens with zero attached hydrogens (tertiary/aromatic N) is 1. The van der Waals surface area contributed by atoms with Crippen LogP contribution < -0.4 is 10.6 Å². The number of amides is 2. The third-order valence-corrected chi connectivity index (χ3v) is 8.72. The maximum absolute atomic E-state index is 13.1. The van der Waals surface area contributed by atoms with E-state index in [2.05, 4.69) is 10.6 Å². The first-order valence-electron chi connectivity index (χ1n) is 11.9. The van der Waals surface area contributed by atoms with Crippen molar-refractivity contribution in [2.45, 2.75) is 62.3 Å². The van der Waals surface area contributed by atoms with E-state index in [1.807, 2.05) is 0 Å². The Balaban J connectivity index is 1.54. The predicted molar refractivity (Wildman–Crippen MR) is 133 cm³/mol. The zero-order chi connectivity index (χ0) is 24.1. The van der Waals surface area contributed by atoms with Gasteiger partial charge in [-0.05, 0) is 56.0 Å². The van der Waals surface area contributed by atoms with Gasteiger partial charge in [0.2, 0.25) is 10.0 Å². The molecule has 2 N–H and O–H groups in total. The van der Waals surface area contributed by atoms with E-state index in [4.69, 9.17) is 11.6 Å². The van der Waals surface area contributed by atoms with Gasteiger partial charge in [-0.2, -0.15) is 4.31 Å². The second-order valence-electron chi connectivity index (χ2n) is 8.91. The van der Waals surface area contributed by atoms with Crippen LogP contribution >= 0.6 is 11.6 Å². The SMILES string of the molecule is O=C(Nc1ccccc1C(=O)NC1CCCCC1)c1cc(S(=O)(=O)N2CCCCC2)ccc1Cl. The molecule has 0 atom stereocenters. The molecule has 1 saturated carbocycles. The number of nitrogens with one attached hydrogen (secondary N) is 2. The third kappa shape index (κ3) is 5.62. The van der Waals surface area contributed by atoms with E-state index in [1.54, 1.807) is 24.3 Å². The highest BCUT2D eigenvalue weighted by atomic mass is 35.5. The minimum absolute atomic E-state index is 0.0345. The predicted octanol–water partition coefficient (Wildman–Crippen LogP) is 4.83. The van der Waals surface area contributed by atoms with E-state index >= 15 is 0 Å². The number of benzene rings is 2. The Kier molecular flexibility index (Phi) is 7.91. The van der Waals surface area contributed by atoms with E-state index in [0.717, 1.165) is 44.9 Å². The Morgan fingerprint density at radius 3 is 2.26 bits per heavy atom. The minimum atomic E-state index is -3.72. The fourth-order valence-electron chi connectivity index (χ4n) is 4.58. The lowest BCUT2D eigenvalue weighted by molar-refractivity contribution is 0.0928. The van der Waals surface area contributed by atoms with Crippen molar-refractivity contribution in [1.82, 2.24) is 9.62 Å². The van der Waals surface area contributed by atoms with Crippen molar-refractivity contribution in [2.24, 2.45) is 0 Å². The van der Waals surface area contributed by atoms with Gasteiger partial charge in [-0.1, -0.05) is 49.4 Å². The molecule has 2 amide bonds. The van der Waals surface area contributed by atoms with Crippen molar-refractivity contribution in [3.8, 4) is 0 Å². The molecular formula is C25H30ClN3O4S. The number of hydrogen-bond acceptors (Lipinski definition) is 4. The number of rotatable bonds is 6. The average molecular weight is 504 g/mol. The van der Waals surface area contributed by atoms with E-state index in [0.29, 0.717) is 24.3 Å². The van der Waals surface area contributed by atoms with Crippen LogP contribution in [0.25, 0.3) is 0 Å². The van der Waals surface area contributed by atoms with Gasteiger partial charge in [-0.15, -0.1) is 0 Å². The van der Waals surface area contributed by atoms with Crippen LogP contribution in [-0.4, -0.2) is 43.7 Å². The van der Waals surface area contributed by atoms with Crippen LogP contribution in [0, 0.1) is 0 Å². The van der Waals surface area contributed by atoms with E-state index in [-0.39, 0.29) is 27.4 Å². The molecule has 2 aromatic carbocycles. The summed E-state index contributed by atoms with van der Waals surface area (Å²) < 4.78 is 27.6. The normalized spacial score (nSPS) is 17.8. The molecule has 9 heteroatoms. The second-order valence-corrected chi connectivity index (χ2v) is 11.3. The summed E-state index contributed by atoms with van der Waals surface area (Å²) in [6, 6.07) is 11.1. The van der Waals surface area contributed by atoms with Crippen LogP contribution in [0.15, 0.2) is 47.4 Å². The number of para-hydroxylation sites is 1. The Bertz CT molecular complexity index is 1160. The summed E-state index contributed by atoms with van der Waals surface area (Å²) in [7, 11) is -3.72. The molecule has 1 aliphatic heterocycles. The molecule has 0 aromatic heterocycles. The van der Waals surface area contributed by atoms with Crippen molar-refractivity contribution in [3.05, 3.63) is 58.6 Å². The molecule has 0 spiro atoms. The van der Waals surface area contributed by atoms with Crippen LogP contribution in [0.3, 0.4) is 0 Å². The molecular weight excluding hydrogens is 474 g/mol. The molecule has 1 saturated heterocycles. The highest BCUT2D eigenvalue weighted by Crippen LogP contribution is 2.27. The quantitative estimate of drug-likeness (QED) is 0.590. The molecule has 0 radical (unpaired) electrons. The van der Waals surface area contributed by atoms with Gasteiger partial charge in [0.25, 0.3) is 11.8 Å². The summed E-state index contributed by atoms with van der Waals surface area (Å²) in [6.45, 7) is 0.936. The Labute approximate surface area is 205 Å². The van der Waals surface area contributed by atoms with Gasteiger partial charge < -0.3 is 10.6 Å². The number of carbonyl (C=O) groups excluding carboxylic acids is 2. The standard InChI is InChI=1S/C25H30ClN3O4S/c26-22-14-13-19(34(32,33)29-15-7-2-8-16-29)17-21(22)25(31)28-23-12-6-5-11-20(23)24(30)27-18-9-3-1-4-10-18/h5-6,11-14,17-18H,1-4,7-10,15-16H2,(H,27,30)(H,28,31). The molecule has 182 valence electrons. The maximum Gasteiger partial charge on any atom is 0.257 e. The zero-order valence-electron chi connectivity index (χ0n) is 19.1. The molecule has 34 heavy (non-hydrogen) atoms. The molecule has 1 heterocycles. The third-order valence-electron chi connectivity index (χ3n) is 6.50. The van der Waals surface area contributed by atoms with E-state index in [9.17, 15) is 18.0 Å². The van der Waals surface area contributed by atoms with Crippen LogP contribution in [-0.2, 0) is 10.0 Å². The van der Waals surface area contributed by atoms with Gasteiger partial charge >= 0.3 is 0 Å². The first kappa shape index (κ1) is 24.7. The highest BCUT2D eigenvalue weighted by Gasteiger charge is 2.27. The lowest BCUT2D eigenvalue weighted by Crippen LogP contribution is -2.36. The van der Waals surface area contributed by atoms with E-state index in [1.165, 1.54) is 28.9 Å². The van der Waals surface area contributed by atoms with Crippen molar-refractivity contribution in [3.63, 3.8) is 0 Å². The molecule has 7 nitrogen and oxygen atoms in total. The molecule has 2 fully saturated rings. The van der Waals surface area contributed by atoms with Crippen LogP contribution in [0.4, 0.5) is 5.69 Å². The van der Waals surface area contributed by atoms with Gasteiger partial charge in [0.1, 0.15) is 0 Å². The summed E-state index contributed by atoms with van der Waals surface area (Å²) >= 11 is 6.28. The summed E-state index contributed by atoms with van der Waals surface area (Å²) in [5, 5.41) is 5.95. The van der Waals surface area contributed by atoms with Crippen molar-refractivity contribution in [1.29, 1.82) is 0 Å². The monoisotopic (exact) mass is 503 g/mol. The lowest BCUT2D eigenvalue weighted by atomic mass is 9.95. The second kappa shape index (κ2) is 10.9. The number of sulfonamides is 1. The molecule has 2 aliphatic rings. The fourth-order valence-corrected chi connectivity index (χ4v) is 6.33. The average Bonchev–Trinajstić information content (AvgIpc) is 2.85. The smallest absolute Gasteiger partial charge is 0.257 e. The summed E-state index contributed by atoms with van der Waals surface area (Å²) in [5.74, 6) is -0.811. The Morgan fingerprint density at radius 1 is 0.853 bits per heavy atom. The summed E-state index contributed by atoms with van der Waals surface area (Å²) in [4.78, 5) is 26.1. The van der Waals surface area contributed by atoms with Gasteiger partial charge in [0, 0.05) is 19.1 Å². The zero-order valence-corrected chi connectivity index (χ0v) is 20.6. The molecule has 1 aliphatic carbocycles. The highest BCUT2D eigenvalue weighted by molar-refractivity contribution is 7.89. The van der Waals surface area contributed by atoms with Gasteiger partial charge in [0.15, 0.2) is 0 Å². The summed E-state index contributed by atoms with van der Waals surface area (Å²) in [6.07, 6.45) is 7.93. The maximum atomic E-state index is 13.1. The van der Waals surface area contributed by atoms with Gasteiger partial charge in [-0.3, -0.25) is 9.59 Å².